The van der Waals surface area contributed by atoms with Gasteiger partial charge in [0.2, 0.25) is 0 Å². The molecule has 0 saturated carbocycles. The third-order valence-corrected chi connectivity index (χ3v) is 3.37. The van der Waals surface area contributed by atoms with E-state index in [0.29, 0.717) is 13.0 Å². The Morgan fingerprint density at radius 3 is 2.52 bits per heavy atom. The molecule has 1 aromatic carbocycles. The van der Waals surface area contributed by atoms with Crippen LogP contribution in [0.5, 0.6) is 5.75 Å². The van der Waals surface area contributed by atoms with Crippen LogP contribution in [0.25, 0.3) is 0 Å². The molecule has 5 nitrogen and oxygen atoms in total. The highest BCUT2D eigenvalue weighted by atomic mass is 19.3. The standard InChI is InChI=1S/C16H19F2N3O2/c1-3-12(10-5-7-11(8-6-10)23-4-2)19-16(22)14-9-13(15(17)18)20-21-14/h5-9,12,15H,3-4H2,1-2H3,(H,19,22)(H,20,21). The van der Waals surface area contributed by atoms with Crippen molar-refractivity contribution in [3.63, 3.8) is 0 Å². The number of aromatic amines is 1. The van der Waals surface area contributed by atoms with Gasteiger partial charge in [0.1, 0.15) is 17.1 Å². The molecule has 0 spiro atoms. The lowest BCUT2D eigenvalue weighted by Crippen LogP contribution is -2.28. The molecule has 0 fully saturated rings. The number of benzene rings is 1. The smallest absolute Gasteiger partial charge is 0.279 e. The number of nitrogens with one attached hydrogen (secondary N) is 2. The molecule has 0 bridgehead atoms. The van der Waals surface area contributed by atoms with Gasteiger partial charge in [-0.25, -0.2) is 8.78 Å². The van der Waals surface area contributed by atoms with Crippen molar-refractivity contribution in [2.24, 2.45) is 0 Å². The van der Waals surface area contributed by atoms with Crippen molar-refractivity contribution in [2.45, 2.75) is 32.7 Å². The van der Waals surface area contributed by atoms with Crippen LogP contribution in [-0.2, 0) is 0 Å². The molecule has 0 radical (unpaired) electrons. The number of nitrogens with zero attached hydrogens (tertiary/aromatic N) is 1. The van der Waals surface area contributed by atoms with Crippen LogP contribution in [0, 0.1) is 0 Å². The van der Waals surface area contributed by atoms with E-state index >= 15 is 0 Å². The Morgan fingerprint density at radius 1 is 1.30 bits per heavy atom. The van der Waals surface area contributed by atoms with Gasteiger partial charge in [-0.3, -0.25) is 9.89 Å². The second-order valence-corrected chi connectivity index (χ2v) is 4.95. The van der Waals surface area contributed by atoms with Crippen LogP contribution >= 0.6 is 0 Å². The quantitative estimate of drug-likeness (QED) is 0.817. The first-order valence-corrected chi connectivity index (χ1v) is 7.42. The van der Waals surface area contributed by atoms with E-state index in [1.54, 1.807) is 0 Å². The maximum absolute atomic E-state index is 12.5. The second-order valence-electron chi connectivity index (χ2n) is 4.95. The van der Waals surface area contributed by atoms with Crippen molar-refractivity contribution in [2.75, 3.05) is 6.61 Å². The molecule has 7 heteroatoms. The molecule has 1 heterocycles. The summed E-state index contributed by atoms with van der Waals surface area (Å²) in [4.78, 5) is 12.1. The minimum absolute atomic E-state index is 0.0512. The van der Waals surface area contributed by atoms with Gasteiger partial charge in [0.15, 0.2) is 0 Å². The van der Waals surface area contributed by atoms with Crippen molar-refractivity contribution in [1.82, 2.24) is 15.5 Å². The summed E-state index contributed by atoms with van der Waals surface area (Å²) in [5.74, 6) is 0.264. The molecule has 0 aliphatic carbocycles. The van der Waals surface area contributed by atoms with Crippen molar-refractivity contribution in [3.05, 3.63) is 47.3 Å². The van der Waals surface area contributed by atoms with E-state index in [4.69, 9.17) is 4.74 Å². The zero-order valence-corrected chi connectivity index (χ0v) is 13.0. The predicted octanol–water partition coefficient (Wildman–Crippen LogP) is 3.63. The average Bonchev–Trinajstić information content (AvgIpc) is 3.04. The molecule has 0 aliphatic rings. The van der Waals surface area contributed by atoms with Crippen LogP contribution in [0.2, 0.25) is 0 Å². The summed E-state index contributed by atoms with van der Waals surface area (Å²) in [6, 6.07) is 8.23. The van der Waals surface area contributed by atoms with Crippen molar-refractivity contribution in [1.29, 1.82) is 0 Å². The van der Waals surface area contributed by atoms with E-state index in [1.165, 1.54) is 0 Å². The molecule has 124 valence electrons. The average molecular weight is 323 g/mol. The summed E-state index contributed by atoms with van der Waals surface area (Å²) in [5.41, 5.74) is 0.489. The molecular weight excluding hydrogens is 304 g/mol. The lowest BCUT2D eigenvalue weighted by molar-refractivity contribution is 0.0930. The fourth-order valence-corrected chi connectivity index (χ4v) is 2.18. The molecule has 23 heavy (non-hydrogen) atoms. The highest BCUT2D eigenvalue weighted by Crippen LogP contribution is 2.21. The first-order valence-electron chi connectivity index (χ1n) is 7.42. The number of ether oxygens (including phenoxy) is 1. The molecule has 0 saturated heterocycles. The number of halogens is 2. The Hall–Kier alpha value is -2.44. The SMILES string of the molecule is CCOc1ccc(C(CC)NC(=O)c2cc(C(F)F)[nH]n2)cc1. The van der Waals surface area contributed by atoms with Crippen LogP contribution in [-0.4, -0.2) is 22.7 Å². The molecule has 1 atom stereocenters. The van der Waals surface area contributed by atoms with E-state index in [2.05, 4.69) is 15.5 Å². The largest absolute Gasteiger partial charge is 0.494 e. The van der Waals surface area contributed by atoms with Crippen molar-refractivity contribution < 1.29 is 18.3 Å². The lowest BCUT2D eigenvalue weighted by Gasteiger charge is -2.17. The van der Waals surface area contributed by atoms with Crippen LogP contribution < -0.4 is 10.1 Å². The van der Waals surface area contributed by atoms with Crippen molar-refractivity contribution in [3.8, 4) is 5.75 Å². The number of alkyl halides is 2. The van der Waals surface area contributed by atoms with Gasteiger partial charge in [-0.15, -0.1) is 0 Å². The maximum Gasteiger partial charge on any atom is 0.279 e. The van der Waals surface area contributed by atoms with E-state index in [1.807, 2.05) is 38.1 Å². The summed E-state index contributed by atoms with van der Waals surface area (Å²) in [6.07, 6.45) is -2.02. The van der Waals surface area contributed by atoms with Crippen LogP contribution in [0.4, 0.5) is 8.78 Å². The van der Waals surface area contributed by atoms with E-state index in [-0.39, 0.29) is 17.4 Å². The summed E-state index contributed by atoms with van der Waals surface area (Å²) >= 11 is 0. The number of carbonyl (C=O) groups is 1. The number of rotatable bonds is 7. The molecule has 2 aromatic rings. The Balaban J connectivity index is 2.06. The van der Waals surface area contributed by atoms with Crippen LogP contribution in [0.3, 0.4) is 0 Å². The summed E-state index contributed by atoms with van der Waals surface area (Å²) < 4.78 is 30.4. The number of amides is 1. The molecule has 0 aliphatic heterocycles. The van der Waals surface area contributed by atoms with Gasteiger partial charge in [-0.2, -0.15) is 5.10 Å². The van der Waals surface area contributed by atoms with Crippen LogP contribution in [0.1, 0.15) is 54.5 Å². The maximum atomic E-state index is 12.5. The molecule has 2 N–H and O–H groups in total. The summed E-state index contributed by atoms with van der Waals surface area (Å²) in [6.45, 7) is 4.41. The van der Waals surface area contributed by atoms with Gasteiger partial charge in [0, 0.05) is 0 Å². The molecule has 2 rings (SSSR count). The first-order chi connectivity index (χ1) is 11.0. The second kappa shape index (κ2) is 7.71. The fraction of sp³-hybridized carbons (Fsp3) is 0.375. The number of hydrogen-bond acceptors (Lipinski definition) is 3. The van der Waals surface area contributed by atoms with Gasteiger partial charge in [0.05, 0.1) is 12.6 Å². The predicted molar refractivity (Wildman–Crippen MR) is 81.7 cm³/mol. The third-order valence-electron chi connectivity index (χ3n) is 3.37. The van der Waals surface area contributed by atoms with Gasteiger partial charge in [0.25, 0.3) is 12.3 Å². The zero-order chi connectivity index (χ0) is 16.8. The zero-order valence-electron chi connectivity index (χ0n) is 13.0. The minimum atomic E-state index is -2.68. The molecular formula is C16H19F2N3O2. The highest BCUT2D eigenvalue weighted by molar-refractivity contribution is 5.92. The topological polar surface area (TPSA) is 67.0 Å². The molecule has 1 amide bonds. The van der Waals surface area contributed by atoms with Gasteiger partial charge in [-0.1, -0.05) is 19.1 Å². The lowest BCUT2D eigenvalue weighted by atomic mass is 10.0. The molecule has 1 unspecified atom stereocenters. The minimum Gasteiger partial charge on any atom is -0.494 e. The number of aromatic nitrogens is 2. The Kier molecular flexibility index (Phi) is 5.67. The Labute approximate surface area is 133 Å². The Bertz CT molecular complexity index is 641. The highest BCUT2D eigenvalue weighted by Gasteiger charge is 2.19. The normalized spacial score (nSPS) is 12.2. The number of carbonyl (C=O) groups excluding carboxylic acids is 1. The fourth-order valence-electron chi connectivity index (χ4n) is 2.18. The van der Waals surface area contributed by atoms with Crippen molar-refractivity contribution >= 4 is 5.91 Å². The first kappa shape index (κ1) is 16.9. The van der Waals surface area contributed by atoms with E-state index in [0.717, 1.165) is 17.4 Å². The van der Waals surface area contributed by atoms with E-state index in [9.17, 15) is 13.6 Å². The van der Waals surface area contributed by atoms with Gasteiger partial charge >= 0.3 is 0 Å². The Morgan fingerprint density at radius 2 is 2.00 bits per heavy atom. The number of hydrogen-bond donors (Lipinski definition) is 2. The van der Waals surface area contributed by atoms with E-state index < -0.39 is 12.3 Å². The van der Waals surface area contributed by atoms with Gasteiger partial charge < -0.3 is 10.1 Å². The van der Waals surface area contributed by atoms with Gasteiger partial charge in [-0.05, 0) is 37.1 Å². The molecule has 1 aromatic heterocycles. The monoisotopic (exact) mass is 323 g/mol. The summed E-state index contributed by atoms with van der Waals surface area (Å²) in [5, 5.41) is 8.58. The third kappa shape index (κ3) is 4.28. The van der Waals surface area contributed by atoms with Crippen LogP contribution in [0.15, 0.2) is 30.3 Å². The summed E-state index contributed by atoms with van der Waals surface area (Å²) in [7, 11) is 0. The number of H-pyrrole nitrogens is 1.